The first kappa shape index (κ1) is 12.7. The second-order valence-electron chi connectivity index (χ2n) is 3.83. The Labute approximate surface area is 112 Å². The summed E-state index contributed by atoms with van der Waals surface area (Å²) in [4.78, 5) is 5.31. The number of hydrogen-bond acceptors (Lipinski definition) is 5. The zero-order valence-corrected chi connectivity index (χ0v) is 11.9. The molecule has 0 bridgehead atoms. The number of aromatic nitrogens is 2. The van der Waals surface area contributed by atoms with E-state index < -0.39 is 0 Å². The Kier molecular flexibility index (Phi) is 4.31. The first-order valence-corrected chi connectivity index (χ1v) is 7.21. The number of hydrogen-bond donors (Lipinski definition) is 1. The molecule has 0 fully saturated rings. The van der Waals surface area contributed by atoms with E-state index in [1.807, 2.05) is 11.4 Å². The van der Waals surface area contributed by atoms with Crippen molar-refractivity contribution in [3.05, 3.63) is 21.8 Å². The van der Waals surface area contributed by atoms with Gasteiger partial charge >= 0.3 is 0 Å². The normalized spacial score (nSPS) is 12.9. The van der Waals surface area contributed by atoms with Crippen molar-refractivity contribution in [3.8, 4) is 10.7 Å². The molecule has 92 valence electrons. The van der Waals surface area contributed by atoms with E-state index in [4.69, 9.17) is 10.3 Å². The molecule has 6 heteroatoms. The fourth-order valence-corrected chi connectivity index (χ4v) is 2.82. The molecule has 17 heavy (non-hydrogen) atoms. The third-order valence-corrected chi connectivity index (χ3v) is 4.10. The van der Waals surface area contributed by atoms with E-state index in [1.54, 1.807) is 11.3 Å². The van der Waals surface area contributed by atoms with Gasteiger partial charge in [0, 0.05) is 9.85 Å². The minimum Gasteiger partial charge on any atom is -0.337 e. The number of nitrogens with two attached hydrogens (primary N) is 1. The number of rotatable bonds is 5. The van der Waals surface area contributed by atoms with Crippen LogP contribution in [-0.4, -0.2) is 10.1 Å². The van der Waals surface area contributed by atoms with E-state index in [0.29, 0.717) is 11.7 Å². The molecule has 0 saturated heterocycles. The third kappa shape index (κ3) is 3.14. The van der Waals surface area contributed by atoms with Crippen LogP contribution in [0.15, 0.2) is 20.4 Å². The van der Waals surface area contributed by atoms with Gasteiger partial charge < -0.3 is 10.3 Å². The summed E-state index contributed by atoms with van der Waals surface area (Å²) >= 11 is 4.97. The summed E-state index contributed by atoms with van der Waals surface area (Å²) in [5.74, 6) is 1.14. The van der Waals surface area contributed by atoms with E-state index in [2.05, 4.69) is 33.0 Å². The van der Waals surface area contributed by atoms with Crippen LogP contribution in [0.1, 0.15) is 38.1 Å². The summed E-state index contributed by atoms with van der Waals surface area (Å²) < 4.78 is 6.22. The highest BCUT2D eigenvalue weighted by Gasteiger charge is 2.16. The number of unbranched alkanes of at least 4 members (excludes halogenated alkanes) is 1. The predicted molar refractivity (Wildman–Crippen MR) is 71.8 cm³/mol. The van der Waals surface area contributed by atoms with Gasteiger partial charge in [-0.1, -0.05) is 24.9 Å². The number of nitrogens with zero attached hydrogens (tertiary/aromatic N) is 2. The van der Waals surface area contributed by atoms with Crippen molar-refractivity contribution in [3.63, 3.8) is 0 Å². The van der Waals surface area contributed by atoms with Gasteiger partial charge in [0.25, 0.3) is 0 Å². The van der Waals surface area contributed by atoms with E-state index in [1.165, 1.54) is 0 Å². The molecular weight excluding hydrogens is 302 g/mol. The minimum absolute atomic E-state index is 0.153. The van der Waals surface area contributed by atoms with E-state index in [9.17, 15) is 0 Å². The van der Waals surface area contributed by atoms with Gasteiger partial charge in [-0.25, -0.2) is 0 Å². The Hall–Kier alpha value is -0.720. The van der Waals surface area contributed by atoms with Gasteiger partial charge in [-0.15, -0.1) is 11.3 Å². The maximum Gasteiger partial charge on any atom is 0.243 e. The number of thiophene rings is 1. The van der Waals surface area contributed by atoms with E-state index in [0.717, 1.165) is 28.6 Å². The van der Waals surface area contributed by atoms with Gasteiger partial charge in [0.05, 0.1) is 10.9 Å². The van der Waals surface area contributed by atoms with Crippen LogP contribution in [-0.2, 0) is 0 Å². The van der Waals surface area contributed by atoms with Gasteiger partial charge in [0.1, 0.15) is 0 Å². The molecule has 0 radical (unpaired) electrons. The SMILES string of the molecule is CCCCC(N)c1nc(-c2cc(Br)cs2)no1. The van der Waals surface area contributed by atoms with Gasteiger partial charge in [-0.05, 0) is 28.4 Å². The summed E-state index contributed by atoms with van der Waals surface area (Å²) in [6, 6.07) is 1.82. The van der Waals surface area contributed by atoms with Crippen LogP contribution in [0.4, 0.5) is 0 Å². The topological polar surface area (TPSA) is 64.9 Å². The molecule has 1 atom stereocenters. The van der Waals surface area contributed by atoms with Crippen molar-refractivity contribution in [2.24, 2.45) is 5.73 Å². The van der Waals surface area contributed by atoms with Crippen molar-refractivity contribution in [1.82, 2.24) is 10.1 Å². The molecular formula is C11H14BrN3OS. The highest BCUT2D eigenvalue weighted by atomic mass is 79.9. The monoisotopic (exact) mass is 315 g/mol. The standard InChI is InChI=1S/C11H14BrN3OS/c1-2-3-4-8(13)11-14-10(15-16-11)9-5-7(12)6-17-9/h5-6,8H,2-4,13H2,1H3. The minimum atomic E-state index is -0.153. The molecule has 2 aromatic rings. The summed E-state index contributed by atoms with van der Waals surface area (Å²) in [6.45, 7) is 2.13. The van der Waals surface area contributed by atoms with Crippen LogP contribution in [0, 0.1) is 0 Å². The molecule has 2 aromatic heterocycles. The fraction of sp³-hybridized carbons (Fsp3) is 0.455. The Balaban J connectivity index is 2.10. The Morgan fingerprint density at radius 1 is 1.59 bits per heavy atom. The largest absolute Gasteiger partial charge is 0.337 e. The zero-order valence-electron chi connectivity index (χ0n) is 9.52. The lowest BCUT2D eigenvalue weighted by Crippen LogP contribution is -2.10. The Morgan fingerprint density at radius 2 is 2.41 bits per heavy atom. The van der Waals surface area contributed by atoms with Gasteiger partial charge in [-0.3, -0.25) is 0 Å². The molecule has 2 rings (SSSR count). The van der Waals surface area contributed by atoms with Gasteiger partial charge in [0.15, 0.2) is 0 Å². The molecule has 0 saturated carbocycles. The van der Waals surface area contributed by atoms with Crippen LogP contribution in [0.5, 0.6) is 0 Å². The lowest BCUT2D eigenvalue weighted by molar-refractivity contribution is 0.346. The third-order valence-electron chi connectivity index (χ3n) is 2.42. The van der Waals surface area contributed by atoms with Crippen molar-refractivity contribution in [1.29, 1.82) is 0 Å². The van der Waals surface area contributed by atoms with E-state index in [-0.39, 0.29) is 6.04 Å². The van der Waals surface area contributed by atoms with Crippen LogP contribution in [0.25, 0.3) is 10.7 Å². The molecule has 1 unspecified atom stereocenters. The highest BCUT2D eigenvalue weighted by molar-refractivity contribution is 9.10. The molecule has 0 aliphatic carbocycles. The van der Waals surface area contributed by atoms with Crippen LogP contribution < -0.4 is 5.73 Å². The quantitative estimate of drug-likeness (QED) is 0.912. The average Bonchev–Trinajstić information content (AvgIpc) is 2.93. The van der Waals surface area contributed by atoms with Gasteiger partial charge in [-0.2, -0.15) is 4.98 Å². The second-order valence-corrected chi connectivity index (χ2v) is 5.66. The summed E-state index contributed by atoms with van der Waals surface area (Å²) in [5, 5.41) is 5.94. The maximum atomic E-state index is 5.98. The lowest BCUT2D eigenvalue weighted by Gasteiger charge is -2.03. The summed E-state index contributed by atoms with van der Waals surface area (Å²) in [6.07, 6.45) is 3.07. The lowest BCUT2D eigenvalue weighted by atomic mass is 10.1. The first-order valence-electron chi connectivity index (χ1n) is 5.54. The summed E-state index contributed by atoms with van der Waals surface area (Å²) in [7, 11) is 0. The first-order chi connectivity index (χ1) is 8.20. The van der Waals surface area contributed by atoms with Gasteiger partial charge in [0.2, 0.25) is 11.7 Å². The maximum absolute atomic E-state index is 5.98. The van der Waals surface area contributed by atoms with Crippen molar-refractivity contribution < 1.29 is 4.52 Å². The van der Waals surface area contributed by atoms with Crippen LogP contribution in [0.2, 0.25) is 0 Å². The molecule has 2 N–H and O–H groups in total. The Morgan fingerprint density at radius 3 is 3.06 bits per heavy atom. The predicted octanol–water partition coefficient (Wildman–Crippen LogP) is 3.75. The van der Waals surface area contributed by atoms with E-state index >= 15 is 0 Å². The fourth-order valence-electron chi connectivity index (χ4n) is 1.46. The van der Waals surface area contributed by atoms with Crippen molar-refractivity contribution in [2.45, 2.75) is 32.2 Å². The number of halogens is 1. The Bertz CT molecular complexity index is 483. The highest BCUT2D eigenvalue weighted by Crippen LogP contribution is 2.28. The molecule has 0 spiro atoms. The van der Waals surface area contributed by atoms with Crippen molar-refractivity contribution >= 4 is 27.3 Å². The van der Waals surface area contributed by atoms with Crippen LogP contribution in [0.3, 0.4) is 0 Å². The molecule has 0 aliphatic rings. The smallest absolute Gasteiger partial charge is 0.243 e. The average molecular weight is 316 g/mol. The molecule has 2 heterocycles. The molecule has 0 aliphatic heterocycles. The van der Waals surface area contributed by atoms with Crippen LogP contribution >= 0.6 is 27.3 Å². The van der Waals surface area contributed by atoms with Crippen molar-refractivity contribution in [2.75, 3.05) is 0 Å². The molecule has 0 aromatic carbocycles. The zero-order chi connectivity index (χ0) is 12.3. The second kappa shape index (κ2) is 5.75. The molecule has 4 nitrogen and oxygen atoms in total. The summed E-state index contributed by atoms with van der Waals surface area (Å²) in [5.41, 5.74) is 5.98. The molecule has 0 amide bonds.